The van der Waals surface area contributed by atoms with E-state index < -0.39 is 5.82 Å². The molecule has 0 unspecified atom stereocenters. The number of nitrogen functional groups attached to an aromatic ring is 1. The smallest absolute Gasteiger partial charge is 0.227 e. The first kappa shape index (κ1) is 17.2. The first-order valence-electron chi connectivity index (χ1n) is 8.72. The molecule has 0 radical (unpaired) electrons. The van der Waals surface area contributed by atoms with Gasteiger partial charge in [0, 0.05) is 12.1 Å². The number of ether oxygens (including phenoxy) is 1. The van der Waals surface area contributed by atoms with E-state index in [1.165, 1.54) is 12.3 Å². The number of halogens is 1. The third kappa shape index (κ3) is 3.27. The second-order valence-electron chi connectivity index (χ2n) is 6.55. The Morgan fingerprint density at radius 3 is 3.04 bits per heavy atom. The molecular weight excluding hydrogens is 351 g/mol. The molecule has 0 aromatic carbocycles. The van der Waals surface area contributed by atoms with Gasteiger partial charge in [-0.05, 0) is 25.0 Å². The van der Waals surface area contributed by atoms with Crippen LogP contribution < -0.4 is 15.8 Å². The SMILES string of the molecule is N=C1c2cc(cnc2N)NC(=O)CCOc2ncc(F)cc2[C@H]2CCCN12. The van der Waals surface area contributed by atoms with Crippen molar-refractivity contribution in [1.82, 2.24) is 14.9 Å². The van der Waals surface area contributed by atoms with Crippen molar-refractivity contribution in [2.45, 2.75) is 25.3 Å². The second-order valence-corrected chi connectivity index (χ2v) is 6.55. The van der Waals surface area contributed by atoms with Gasteiger partial charge < -0.3 is 20.7 Å². The van der Waals surface area contributed by atoms with Crippen LogP contribution in [0.5, 0.6) is 5.88 Å². The number of hydrogen-bond acceptors (Lipinski definition) is 6. The summed E-state index contributed by atoms with van der Waals surface area (Å²) in [7, 11) is 0. The third-order valence-electron chi connectivity index (χ3n) is 4.77. The van der Waals surface area contributed by atoms with Crippen LogP contribution in [0.15, 0.2) is 24.5 Å². The van der Waals surface area contributed by atoms with Gasteiger partial charge in [0.1, 0.15) is 17.5 Å². The van der Waals surface area contributed by atoms with Crippen molar-refractivity contribution >= 4 is 23.2 Å². The molecule has 2 aromatic heterocycles. The van der Waals surface area contributed by atoms with Gasteiger partial charge in [-0.15, -0.1) is 0 Å². The molecule has 1 amide bonds. The van der Waals surface area contributed by atoms with E-state index in [-0.39, 0.29) is 42.5 Å². The Kier molecular flexibility index (Phi) is 4.35. The Bertz CT molecular complexity index is 919. The van der Waals surface area contributed by atoms with Crippen LogP contribution >= 0.6 is 0 Å². The van der Waals surface area contributed by atoms with Gasteiger partial charge in [-0.25, -0.2) is 14.4 Å². The predicted octanol–water partition coefficient (Wildman–Crippen LogP) is 2.08. The van der Waals surface area contributed by atoms with E-state index in [1.54, 1.807) is 6.07 Å². The van der Waals surface area contributed by atoms with Crippen LogP contribution in [0, 0.1) is 11.2 Å². The lowest BCUT2D eigenvalue weighted by molar-refractivity contribution is -0.116. The summed E-state index contributed by atoms with van der Waals surface area (Å²) >= 11 is 0. The molecule has 8 nitrogen and oxygen atoms in total. The minimum absolute atomic E-state index is 0.101. The zero-order chi connectivity index (χ0) is 19.0. The Labute approximate surface area is 155 Å². The standard InChI is InChI=1S/C18H19FN6O2/c19-10-6-12-14-2-1-4-25(14)17(21)13-7-11(9-22-16(13)20)24-15(26)3-5-27-18(12)23-8-10/h6-9,14,21H,1-5H2,(H2,20,22)(H,24,26)/t14-/m1/s1. The molecule has 2 aromatic rings. The fourth-order valence-corrected chi connectivity index (χ4v) is 3.51. The molecule has 2 aliphatic rings. The fourth-order valence-electron chi connectivity index (χ4n) is 3.51. The molecule has 2 bridgehead atoms. The molecule has 1 fully saturated rings. The molecule has 1 saturated heterocycles. The van der Waals surface area contributed by atoms with E-state index in [2.05, 4.69) is 15.3 Å². The van der Waals surface area contributed by atoms with Crippen LogP contribution in [0.1, 0.15) is 36.4 Å². The van der Waals surface area contributed by atoms with Gasteiger partial charge >= 0.3 is 0 Å². The molecule has 0 saturated carbocycles. The van der Waals surface area contributed by atoms with Gasteiger partial charge in [0.25, 0.3) is 0 Å². The number of hydrogen-bond donors (Lipinski definition) is 3. The van der Waals surface area contributed by atoms with Crippen molar-refractivity contribution in [3.63, 3.8) is 0 Å². The number of nitrogens with two attached hydrogens (primary N) is 1. The number of anilines is 2. The van der Waals surface area contributed by atoms with Crippen molar-refractivity contribution < 1.29 is 13.9 Å². The van der Waals surface area contributed by atoms with Gasteiger partial charge in [-0.3, -0.25) is 10.2 Å². The van der Waals surface area contributed by atoms with Gasteiger partial charge in [-0.2, -0.15) is 0 Å². The van der Waals surface area contributed by atoms with Crippen LogP contribution in [0.2, 0.25) is 0 Å². The van der Waals surface area contributed by atoms with Crippen LogP contribution in [0.3, 0.4) is 0 Å². The lowest BCUT2D eigenvalue weighted by Gasteiger charge is -2.28. The number of rotatable bonds is 0. The van der Waals surface area contributed by atoms with E-state index in [0.29, 0.717) is 23.4 Å². The number of nitrogens with zero attached hydrogens (tertiary/aromatic N) is 3. The molecule has 4 N–H and O–H groups in total. The lowest BCUT2D eigenvalue weighted by Crippen LogP contribution is -2.31. The summed E-state index contributed by atoms with van der Waals surface area (Å²) in [5.74, 6) is -0.0743. The quantitative estimate of drug-likeness (QED) is 0.654. The van der Waals surface area contributed by atoms with Gasteiger partial charge in [-0.1, -0.05) is 0 Å². The number of amides is 1. The summed E-state index contributed by atoms with van der Waals surface area (Å²) in [5.41, 5.74) is 7.44. The van der Waals surface area contributed by atoms with Crippen molar-refractivity contribution in [1.29, 1.82) is 5.41 Å². The zero-order valence-corrected chi connectivity index (χ0v) is 14.5. The van der Waals surface area contributed by atoms with E-state index in [1.807, 2.05) is 4.90 Å². The van der Waals surface area contributed by atoms with Gasteiger partial charge in [0.15, 0.2) is 0 Å². The highest BCUT2D eigenvalue weighted by Crippen LogP contribution is 2.38. The lowest BCUT2D eigenvalue weighted by atomic mass is 10.0. The average Bonchev–Trinajstić information content (AvgIpc) is 3.13. The molecule has 4 heterocycles. The Hall–Kier alpha value is -3.23. The summed E-state index contributed by atoms with van der Waals surface area (Å²) in [6, 6.07) is 2.76. The molecule has 0 aliphatic carbocycles. The molecule has 27 heavy (non-hydrogen) atoms. The molecule has 1 atom stereocenters. The van der Waals surface area contributed by atoms with E-state index in [0.717, 1.165) is 19.0 Å². The summed E-state index contributed by atoms with van der Waals surface area (Å²) in [4.78, 5) is 22.1. The summed E-state index contributed by atoms with van der Waals surface area (Å²) < 4.78 is 19.6. The van der Waals surface area contributed by atoms with Crippen LogP contribution in [-0.2, 0) is 4.79 Å². The second kappa shape index (κ2) is 6.82. The van der Waals surface area contributed by atoms with Crippen molar-refractivity contribution in [3.05, 3.63) is 41.5 Å². The maximum absolute atomic E-state index is 13.9. The van der Waals surface area contributed by atoms with Crippen molar-refractivity contribution in [3.8, 4) is 5.88 Å². The number of carbonyl (C=O) groups is 1. The summed E-state index contributed by atoms with van der Waals surface area (Å²) in [6.45, 7) is 0.729. The fraction of sp³-hybridized carbons (Fsp3) is 0.333. The molecular formula is C18H19FN6O2. The number of nitrogens with one attached hydrogen (secondary N) is 2. The molecule has 140 valence electrons. The maximum atomic E-state index is 13.9. The predicted molar refractivity (Wildman–Crippen MR) is 97.1 cm³/mol. The van der Waals surface area contributed by atoms with E-state index >= 15 is 0 Å². The average molecular weight is 370 g/mol. The van der Waals surface area contributed by atoms with Crippen LogP contribution in [-0.4, -0.2) is 39.8 Å². The van der Waals surface area contributed by atoms with E-state index in [4.69, 9.17) is 15.9 Å². The number of fused-ring (bicyclic) bond motifs is 5. The monoisotopic (exact) mass is 370 g/mol. The van der Waals surface area contributed by atoms with Crippen LogP contribution in [0.4, 0.5) is 15.9 Å². The first-order chi connectivity index (χ1) is 13.0. The molecule has 9 heteroatoms. The number of carbonyl (C=O) groups excluding carboxylic acids is 1. The molecule has 0 spiro atoms. The number of pyridine rings is 2. The minimum atomic E-state index is -0.471. The first-order valence-corrected chi connectivity index (χ1v) is 8.72. The Morgan fingerprint density at radius 2 is 2.19 bits per heavy atom. The minimum Gasteiger partial charge on any atom is -0.477 e. The normalized spacial score (nSPS) is 19.7. The third-order valence-corrected chi connectivity index (χ3v) is 4.77. The summed E-state index contributed by atoms with van der Waals surface area (Å²) in [6.07, 6.45) is 4.22. The van der Waals surface area contributed by atoms with Crippen molar-refractivity contribution in [2.75, 3.05) is 24.2 Å². The highest BCUT2D eigenvalue weighted by molar-refractivity contribution is 6.02. The van der Waals surface area contributed by atoms with Crippen molar-refractivity contribution in [2.24, 2.45) is 0 Å². The van der Waals surface area contributed by atoms with Gasteiger partial charge in [0.05, 0.1) is 42.7 Å². The Balaban J connectivity index is 1.82. The Morgan fingerprint density at radius 1 is 1.33 bits per heavy atom. The van der Waals surface area contributed by atoms with Gasteiger partial charge in [0.2, 0.25) is 11.8 Å². The topological polar surface area (TPSA) is 117 Å². The summed E-state index contributed by atoms with van der Waals surface area (Å²) in [5, 5.41) is 11.4. The number of amidine groups is 1. The molecule has 2 aliphatic heterocycles. The van der Waals surface area contributed by atoms with Crippen LogP contribution in [0.25, 0.3) is 0 Å². The van der Waals surface area contributed by atoms with E-state index in [9.17, 15) is 9.18 Å². The highest BCUT2D eigenvalue weighted by atomic mass is 19.1. The zero-order valence-electron chi connectivity index (χ0n) is 14.5. The maximum Gasteiger partial charge on any atom is 0.227 e. The molecule has 4 rings (SSSR count). The largest absolute Gasteiger partial charge is 0.477 e. The highest BCUT2D eigenvalue weighted by Gasteiger charge is 2.33. The number of aromatic nitrogens is 2.